The number of benzene rings is 2. The molecule has 0 heterocycles. The van der Waals surface area contributed by atoms with Gasteiger partial charge in [0, 0.05) is 5.69 Å². The Labute approximate surface area is 139 Å². The van der Waals surface area contributed by atoms with Crippen LogP contribution in [0, 0.1) is 18.3 Å². The molecule has 6 nitrogen and oxygen atoms in total. The summed E-state index contributed by atoms with van der Waals surface area (Å²) in [7, 11) is 0. The number of nitrogens with one attached hydrogen (secondary N) is 1. The number of rotatable bonds is 6. The molecule has 0 aliphatic heterocycles. The van der Waals surface area contributed by atoms with E-state index in [-0.39, 0.29) is 6.61 Å². The van der Waals surface area contributed by atoms with Gasteiger partial charge in [0.05, 0.1) is 5.56 Å². The maximum atomic E-state index is 11.7. The Morgan fingerprint density at radius 2 is 1.79 bits per heavy atom. The normalized spacial score (nSPS) is 9.67. The molecule has 0 fully saturated rings. The summed E-state index contributed by atoms with van der Waals surface area (Å²) in [6.45, 7) is 1.16. The first-order chi connectivity index (χ1) is 11.6. The zero-order valence-corrected chi connectivity index (χ0v) is 13.1. The molecule has 24 heavy (non-hydrogen) atoms. The fourth-order valence-corrected chi connectivity index (χ4v) is 1.84. The number of esters is 1. The fraction of sp³-hybridized carbons (Fsp3) is 0.167. The molecule has 0 aliphatic rings. The monoisotopic (exact) mass is 324 g/mol. The molecule has 2 aromatic carbocycles. The van der Waals surface area contributed by atoms with E-state index in [9.17, 15) is 9.59 Å². The van der Waals surface area contributed by atoms with E-state index < -0.39 is 18.5 Å². The van der Waals surface area contributed by atoms with Crippen LogP contribution in [0.15, 0.2) is 48.5 Å². The van der Waals surface area contributed by atoms with E-state index in [0.29, 0.717) is 17.0 Å². The van der Waals surface area contributed by atoms with Crippen molar-refractivity contribution < 1.29 is 19.1 Å². The SMILES string of the molecule is Cc1ccc(NC(=O)COC(=O)COc2ccccc2C#N)cc1. The van der Waals surface area contributed by atoms with Gasteiger partial charge in [0.25, 0.3) is 5.91 Å². The molecule has 0 bridgehead atoms. The summed E-state index contributed by atoms with van der Waals surface area (Å²) in [5, 5.41) is 11.5. The van der Waals surface area contributed by atoms with Gasteiger partial charge in [-0.3, -0.25) is 4.79 Å². The van der Waals surface area contributed by atoms with E-state index in [4.69, 9.17) is 14.7 Å². The molecule has 0 unspecified atom stereocenters. The number of carbonyl (C=O) groups is 2. The van der Waals surface area contributed by atoms with Gasteiger partial charge in [-0.05, 0) is 31.2 Å². The summed E-state index contributed by atoms with van der Waals surface area (Å²) in [4.78, 5) is 23.3. The number of aryl methyl sites for hydroxylation is 1. The summed E-state index contributed by atoms with van der Waals surface area (Å²) in [6.07, 6.45) is 0. The first-order valence-electron chi connectivity index (χ1n) is 7.22. The van der Waals surface area contributed by atoms with Crippen LogP contribution in [0.2, 0.25) is 0 Å². The van der Waals surface area contributed by atoms with Gasteiger partial charge in [0.15, 0.2) is 13.2 Å². The van der Waals surface area contributed by atoms with E-state index in [1.165, 1.54) is 0 Å². The van der Waals surface area contributed by atoms with Gasteiger partial charge in [-0.15, -0.1) is 0 Å². The molecule has 1 amide bonds. The lowest BCUT2D eigenvalue weighted by atomic mass is 10.2. The minimum absolute atomic E-state index is 0.293. The van der Waals surface area contributed by atoms with E-state index in [1.54, 1.807) is 36.4 Å². The molecule has 0 radical (unpaired) electrons. The van der Waals surface area contributed by atoms with Crippen LogP contribution in [0.1, 0.15) is 11.1 Å². The van der Waals surface area contributed by atoms with Crippen LogP contribution in [0.4, 0.5) is 5.69 Å². The first-order valence-corrected chi connectivity index (χ1v) is 7.22. The minimum atomic E-state index is -0.693. The van der Waals surface area contributed by atoms with Gasteiger partial charge in [0.2, 0.25) is 0 Å². The Balaban J connectivity index is 1.75. The smallest absolute Gasteiger partial charge is 0.344 e. The van der Waals surface area contributed by atoms with Crippen LogP contribution in [-0.2, 0) is 14.3 Å². The maximum Gasteiger partial charge on any atom is 0.344 e. The van der Waals surface area contributed by atoms with E-state index in [0.717, 1.165) is 5.56 Å². The number of amides is 1. The highest BCUT2D eigenvalue weighted by Crippen LogP contribution is 2.16. The Morgan fingerprint density at radius 1 is 1.08 bits per heavy atom. The number of hydrogen-bond donors (Lipinski definition) is 1. The molecule has 2 aromatic rings. The lowest BCUT2D eigenvalue weighted by Crippen LogP contribution is -2.23. The summed E-state index contributed by atoms with van der Waals surface area (Å²) in [5.41, 5.74) is 2.03. The van der Waals surface area contributed by atoms with E-state index in [1.807, 2.05) is 25.1 Å². The lowest BCUT2D eigenvalue weighted by Gasteiger charge is -2.08. The predicted octanol–water partition coefficient (Wildman–Crippen LogP) is 2.43. The molecule has 0 saturated heterocycles. The number of carbonyl (C=O) groups excluding carboxylic acids is 2. The van der Waals surface area contributed by atoms with E-state index >= 15 is 0 Å². The second kappa shape index (κ2) is 8.34. The topological polar surface area (TPSA) is 88.4 Å². The molecule has 0 saturated carbocycles. The number of nitriles is 1. The molecule has 0 aromatic heterocycles. The van der Waals surface area contributed by atoms with Crippen molar-refractivity contribution in [1.29, 1.82) is 5.26 Å². The Hall–Kier alpha value is -3.33. The Morgan fingerprint density at radius 3 is 2.50 bits per heavy atom. The standard InChI is InChI=1S/C18H16N2O4/c1-13-6-8-15(9-7-13)20-17(21)11-24-18(22)12-23-16-5-3-2-4-14(16)10-19/h2-9H,11-12H2,1H3,(H,20,21). The number of anilines is 1. The van der Waals surface area contributed by atoms with Crippen LogP contribution < -0.4 is 10.1 Å². The van der Waals surface area contributed by atoms with E-state index in [2.05, 4.69) is 5.32 Å². The van der Waals surface area contributed by atoms with Crippen molar-refractivity contribution in [3.05, 3.63) is 59.7 Å². The third-order valence-electron chi connectivity index (χ3n) is 3.05. The summed E-state index contributed by atoms with van der Waals surface area (Å²) < 4.78 is 10.1. The van der Waals surface area contributed by atoms with Gasteiger partial charge in [-0.1, -0.05) is 29.8 Å². The van der Waals surface area contributed by atoms with Gasteiger partial charge in [-0.25, -0.2) is 4.79 Å². The van der Waals surface area contributed by atoms with Crippen molar-refractivity contribution in [1.82, 2.24) is 0 Å². The summed E-state index contributed by atoms with van der Waals surface area (Å²) in [5.74, 6) is -0.840. The quantitative estimate of drug-likeness (QED) is 0.824. The van der Waals surface area contributed by atoms with Crippen molar-refractivity contribution in [2.75, 3.05) is 18.5 Å². The Kier molecular flexibility index (Phi) is 5.92. The Bertz CT molecular complexity index is 763. The second-order valence-corrected chi connectivity index (χ2v) is 4.97. The van der Waals surface area contributed by atoms with Gasteiger partial charge < -0.3 is 14.8 Å². The first kappa shape index (κ1) is 17.0. The van der Waals surface area contributed by atoms with Crippen LogP contribution in [-0.4, -0.2) is 25.1 Å². The largest absolute Gasteiger partial charge is 0.481 e. The number of nitrogens with zero attached hydrogens (tertiary/aromatic N) is 1. The molecule has 1 N–H and O–H groups in total. The van der Waals surface area contributed by atoms with Gasteiger partial charge in [-0.2, -0.15) is 5.26 Å². The third-order valence-corrected chi connectivity index (χ3v) is 3.05. The molecular formula is C18H16N2O4. The van der Waals surface area contributed by atoms with Crippen molar-refractivity contribution in [2.24, 2.45) is 0 Å². The number of hydrogen-bond acceptors (Lipinski definition) is 5. The second-order valence-electron chi connectivity index (χ2n) is 4.97. The molecular weight excluding hydrogens is 308 g/mol. The van der Waals surface area contributed by atoms with Crippen LogP contribution >= 0.6 is 0 Å². The molecule has 0 aliphatic carbocycles. The zero-order valence-electron chi connectivity index (χ0n) is 13.1. The van der Waals surface area contributed by atoms with Gasteiger partial charge in [0.1, 0.15) is 11.8 Å². The molecule has 0 spiro atoms. The highest BCUT2D eigenvalue weighted by atomic mass is 16.6. The van der Waals surface area contributed by atoms with Crippen LogP contribution in [0.5, 0.6) is 5.75 Å². The van der Waals surface area contributed by atoms with Crippen molar-refractivity contribution in [3.63, 3.8) is 0 Å². The summed E-state index contributed by atoms with van der Waals surface area (Å²) in [6, 6.07) is 15.8. The molecule has 122 valence electrons. The average Bonchev–Trinajstić information content (AvgIpc) is 2.60. The van der Waals surface area contributed by atoms with Crippen LogP contribution in [0.25, 0.3) is 0 Å². The molecule has 6 heteroatoms. The lowest BCUT2D eigenvalue weighted by molar-refractivity contribution is -0.149. The van der Waals surface area contributed by atoms with Crippen LogP contribution in [0.3, 0.4) is 0 Å². The third kappa shape index (κ3) is 5.14. The molecule has 0 atom stereocenters. The number of ether oxygens (including phenoxy) is 2. The highest BCUT2D eigenvalue weighted by Gasteiger charge is 2.10. The van der Waals surface area contributed by atoms with Crippen molar-refractivity contribution >= 4 is 17.6 Å². The number of para-hydroxylation sites is 1. The fourth-order valence-electron chi connectivity index (χ4n) is 1.84. The maximum absolute atomic E-state index is 11.7. The zero-order chi connectivity index (χ0) is 17.4. The molecule has 2 rings (SSSR count). The summed E-state index contributed by atoms with van der Waals surface area (Å²) >= 11 is 0. The van der Waals surface area contributed by atoms with Crippen molar-refractivity contribution in [3.8, 4) is 11.8 Å². The van der Waals surface area contributed by atoms with Crippen molar-refractivity contribution in [2.45, 2.75) is 6.92 Å². The highest BCUT2D eigenvalue weighted by molar-refractivity contribution is 5.92. The minimum Gasteiger partial charge on any atom is -0.481 e. The average molecular weight is 324 g/mol. The predicted molar refractivity (Wildman–Crippen MR) is 87.4 cm³/mol. The van der Waals surface area contributed by atoms with Gasteiger partial charge >= 0.3 is 5.97 Å².